The Morgan fingerprint density at radius 2 is 1.60 bits per heavy atom. The normalized spacial score (nSPS) is 13.1. The zero-order valence-electron chi connectivity index (χ0n) is 14.8. The lowest BCUT2D eigenvalue weighted by Crippen LogP contribution is -2.05. The van der Waals surface area contributed by atoms with Crippen LogP contribution in [0.1, 0.15) is 30.8 Å². The Bertz CT molecular complexity index is 706. The molecule has 0 saturated heterocycles. The van der Waals surface area contributed by atoms with Crippen LogP contribution in [0.5, 0.6) is 5.75 Å². The first-order valence-electron chi connectivity index (χ1n) is 8.24. The number of rotatable bonds is 9. The van der Waals surface area contributed by atoms with Gasteiger partial charge in [0.1, 0.15) is 5.75 Å². The van der Waals surface area contributed by atoms with E-state index in [0.29, 0.717) is 13.2 Å². The molecular weight excluding hydrogens is 337 g/mol. The van der Waals surface area contributed by atoms with Gasteiger partial charge in [0.2, 0.25) is 0 Å². The fourth-order valence-electron chi connectivity index (χ4n) is 2.36. The SMILES string of the molecule is CCOP(=O)(OCC)C(N=Cc1ccc(OC)cc1)c1ccccc1. The summed E-state index contributed by atoms with van der Waals surface area (Å²) in [5, 5.41) is 0. The Morgan fingerprint density at radius 3 is 2.12 bits per heavy atom. The molecule has 0 fully saturated rings. The Kier molecular flexibility index (Phi) is 7.38. The molecule has 0 aromatic heterocycles. The van der Waals surface area contributed by atoms with Crippen LogP contribution >= 0.6 is 7.60 Å². The summed E-state index contributed by atoms with van der Waals surface area (Å²) >= 11 is 0. The highest BCUT2D eigenvalue weighted by molar-refractivity contribution is 7.54. The number of aliphatic imine (C=N–C) groups is 1. The summed E-state index contributed by atoms with van der Waals surface area (Å²) in [4.78, 5) is 4.55. The van der Waals surface area contributed by atoms with E-state index in [2.05, 4.69) is 4.99 Å². The van der Waals surface area contributed by atoms with Crippen LogP contribution in [0.3, 0.4) is 0 Å². The quantitative estimate of drug-likeness (QED) is 0.462. The van der Waals surface area contributed by atoms with Crippen LogP contribution in [0, 0.1) is 0 Å². The monoisotopic (exact) mass is 361 g/mol. The molecule has 25 heavy (non-hydrogen) atoms. The summed E-state index contributed by atoms with van der Waals surface area (Å²) in [6, 6.07) is 16.9. The van der Waals surface area contributed by atoms with Crippen molar-refractivity contribution in [3.63, 3.8) is 0 Å². The number of ether oxygens (including phenoxy) is 1. The largest absolute Gasteiger partial charge is 0.497 e. The van der Waals surface area contributed by atoms with E-state index in [9.17, 15) is 4.57 Å². The van der Waals surface area contributed by atoms with Gasteiger partial charge in [-0.25, -0.2) is 0 Å². The number of hydrogen-bond acceptors (Lipinski definition) is 5. The minimum Gasteiger partial charge on any atom is -0.497 e. The molecule has 1 atom stereocenters. The van der Waals surface area contributed by atoms with Crippen LogP contribution in [-0.2, 0) is 13.6 Å². The Labute approximate surface area is 149 Å². The number of nitrogens with zero attached hydrogens (tertiary/aromatic N) is 1. The van der Waals surface area contributed by atoms with Crippen LogP contribution in [0.15, 0.2) is 59.6 Å². The molecule has 2 aromatic carbocycles. The highest BCUT2D eigenvalue weighted by atomic mass is 31.2. The average molecular weight is 361 g/mol. The molecule has 0 radical (unpaired) electrons. The standard InChI is InChI=1S/C19H24NO4P/c1-4-23-25(21,24-5-2)19(17-9-7-6-8-10-17)20-15-16-11-13-18(22-3)14-12-16/h6-15,19H,4-5H2,1-3H3. The third-order valence-corrected chi connectivity index (χ3v) is 5.76. The Hall–Kier alpha value is -1.94. The van der Waals surface area contributed by atoms with Gasteiger partial charge in [0.25, 0.3) is 0 Å². The molecule has 0 N–H and O–H groups in total. The van der Waals surface area contributed by atoms with Gasteiger partial charge in [-0.2, -0.15) is 0 Å². The smallest absolute Gasteiger partial charge is 0.359 e. The van der Waals surface area contributed by atoms with E-state index >= 15 is 0 Å². The maximum atomic E-state index is 13.3. The first-order valence-corrected chi connectivity index (χ1v) is 9.85. The fourth-order valence-corrected chi connectivity index (χ4v) is 4.20. The van der Waals surface area contributed by atoms with Gasteiger partial charge in [-0.1, -0.05) is 30.3 Å². The summed E-state index contributed by atoms with van der Waals surface area (Å²) in [5.74, 6) is 0.0572. The lowest BCUT2D eigenvalue weighted by molar-refractivity contribution is 0.212. The van der Waals surface area contributed by atoms with E-state index in [1.807, 2.05) is 54.6 Å². The molecule has 0 heterocycles. The van der Waals surface area contributed by atoms with Crippen LogP contribution < -0.4 is 4.74 Å². The molecule has 1 unspecified atom stereocenters. The summed E-state index contributed by atoms with van der Waals surface area (Å²) < 4.78 is 29.4. The molecule has 0 bridgehead atoms. The van der Waals surface area contributed by atoms with Crippen molar-refractivity contribution in [1.29, 1.82) is 0 Å². The van der Waals surface area contributed by atoms with Crippen molar-refractivity contribution >= 4 is 13.8 Å². The lowest BCUT2D eigenvalue weighted by Gasteiger charge is -2.23. The predicted octanol–water partition coefficient (Wildman–Crippen LogP) is 5.08. The van der Waals surface area contributed by atoms with Gasteiger partial charge in [0, 0.05) is 6.21 Å². The van der Waals surface area contributed by atoms with Crippen molar-refractivity contribution in [2.24, 2.45) is 4.99 Å². The van der Waals surface area contributed by atoms with Crippen molar-refractivity contribution in [1.82, 2.24) is 0 Å². The molecule has 5 nitrogen and oxygen atoms in total. The predicted molar refractivity (Wildman–Crippen MR) is 101 cm³/mol. The molecule has 0 aliphatic rings. The van der Waals surface area contributed by atoms with Gasteiger partial charge in [-0.3, -0.25) is 9.56 Å². The minimum absolute atomic E-state index is 0.290. The average Bonchev–Trinajstić information content (AvgIpc) is 2.63. The van der Waals surface area contributed by atoms with Gasteiger partial charge >= 0.3 is 7.60 Å². The molecule has 134 valence electrons. The molecule has 0 amide bonds. The first kappa shape index (κ1) is 19.4. The minimum atomic E-state index is -3.43. The summed E-state index contributed by atoms with van der Waals surface area (Å²) in [6.07, 6.45) is 1.68. The summed E-state index contributed by atoms with van der Waals surface area (Å²) in [7, 11) is -1.81. The van der Waals surface area contributed by atoms with Crippen LogP contribution in [-0.4, -0.2) is 26.5 Å². The first-order chi connectivity index (χ1) is 12.1. The molecule has 6 heteroatoms. The van der Waals surface area contributed by atoms with Gasteiger partial charge in [-0.05, 0) is 49.2 Å². The maximum absolute atomic E-state index is 13.3. The molecule has 2 rings (SSSR count). The van der Waals surface area contributed by atoms with E-state index in [1.54, 1.807) is 27.2 Å². The summed E-state index contributed by atoms with van der Waals surface area (Å²) in [5.41, 5.74) is 1.67. The van der Waals surface area contributed by atoms with E-state index in [0.717, 1.165) is 16.9 Å². The zero-order chi connectivity index (χ0) is 18.1. The third-order valence-electron chi connectivity index (χ3n) is 3.50. The van der Waals surface area contributed by atoms with E-state index < -0.39 is 13.4 Å². The maximum Gasteiger partial charge on any atom is 0.359 e. The lowest BCUT2D eigenvalue weighted by atomic mass is 10.2. The molecule has 0 saturated carbocycles. The number of hydrogen-bond donors (Lipinski definition) is 0. The van der Waals surface area contributed by atoms with Gasteiger partial charge in [0.15, 0.2) is 5.78 Å². The highest BCUT2D eigenvalue weighted by Crippen LogP contribution is 2.61. The van der Waals surface area contributed by atoms with Crippen LogP contribution in [0.25, 0.3) is 0 Å². The fraction of sp³-hybridized carbons (Fsp3) is 0.316. The second-order valence-corrected chi connectivity index (χ2v) is 7.30. The third kappa shape index (κ3) is 5.27. The number of methoxy groups -OCH3 is 1. The second-order valence-electron chi connectivity index (χ2n) is 5.21. The van der Waals surface area contributed by atoms with Gasteiger partial charge in [0.05, 0.1) is 20.3 Å². The summed E-state index contributed by atoms with van der Waals surface area (Å²) in [6.45, 7) is 4.17. The van der Waals surface area contributed by atoms with E-state index in [4.69, 9.17) is 13.8 Å². The molecule has 0 spiro atoms. The van der Waals surface area contributed by atoms with Crippen molar-refractivity contribution in [3.05, 3.63) is 65.7 Å². The number of benzene rings is 2. The zero-order valence-corrected chi connectivity index (χ0v) is 15.7. The second kappa shape index (κ2) is 9.52. The van der Waals surface area contributed by atoms with Gasteiger partial charge in [-0.15, -0.1) is 0 Å². The molecular formula is C19H24NO4P. The van der Waals surface area contributed by atoms with Crippen molar-refractivity contribution in [2.45, 2.75) is 19.6 Å². The van der Waals surface area contributed by atoms with Crippen LogP contribution in [0.4, 0.5) is 0 Å². The van der Waals surface area contributed by atoms with Crippen molar-refractivity contribution in [2.75, 3.05) is 20.3 Å². The van der Waals surface area contributed by atoms with Crippen molar-refractivity contribution in [3.8, 4) is 5.75 Å². The van der Waals surface area contributed by atoms with Gasteiger partial charge < -0.3 is 13.8 Å². The van der Waals surface area contributed by atoms with Crippen molar-refractivity contribution < 1.29 is 18.3 Å². The molecule has 0 aliphatic carbocycles. The Balaban J connectivity index is 2.36. The molecule has 0 aliphatic heterocycles. The van der Waals surface area contributed by atoms with E-state index in [-0.39, 0.29) is 0 Å². The topological polar surface area (TPSA) is 57.1 Å². The highest BCUT2D eigenvalue weighted by Gasteiger charge is 2.36. The van der Waals surface area contributed by atoms with Crippen LogP contribution in [0.2, 0.25) is 0 Å². The molecule has 2 aromatic rings. The Morgan fingerprint density at radius 1 is 1.00 bits per heavy atom. The van der Waals surface area contributed by atoms with E-state index in [1.165, 1.54) is 0 Å².